The Morgan fingerprint density at radius 1 is 1.24 bits per heavy atom. The lowest BCUT2D eigenvalue weighted by atomic mass is 9.86. The largest absolute Gasteiger partial charge is 0.490 e. The first kappa shape index (κ1) is 25.0. The van der Waals surface area contributed by atoms with Crippen LogP contribution in [0, 0.1) is 0 Å². The zero-order valence-corrected chi connectivity index (χ0v) is 21.7. The molecule has 3 heterocycles. The van der Waals surface area contributed by atoms with Crippen LogP contribution in [0.2, 0.25) is 0 Å². The molecule has 0 bridgehead atoms. The van der Waals surface area contributed by atoms with Crippen molar-refractivity contribution in [2.45, 2.75) is 63.8 Å². The summed E-state index contributed by atoms with van der Waals surface area (Å²) in [7, 11) is 4.20. The van der Waals surface area contributed by atoms with Crippen molar-refractivity contribution in [2.24, 2.45) is 5.73 Å². The molecule has 0 unspecified atom stereocenters. The Kier molecular flexibility index (Phi) is 6.76. The second kappa shape index (κ2) is 10.0. The molecule has 2 fully saturated rings. The molecule has 1 aliphatic heterocycles. The molecule has 37 heavy (non-hydrogen) atoms. The number of amides is 2. The van der Waals surface area contributed by atoms with Crippen molar-refractivity contribution in [3.63, 3.8) is 0 Å². The van der Waals surface area contributed by atoms with E-state index < -0.39 is 5.91 Å². The average Bonchev–Trinajstić information content (AvgIpc) is 3.44. The SMILES string of the molecule is CC(C)Oc1cc2c(OC[C@@H]3CCC(=O)N3)ncc(-c3cnn(C4CC(N(C)C)C4)c3)c2cc1C(N)=O. The smallest absolute Gasteiger partial charge is 0.252 e. The summed E-state index contributed by atoms with van der Waals surface area (Å²) in [5.74, 6) is 0.245. The molecule has 0 radical (unpaired) electrons. The fraction of sp³-hybridized carbons (Fsp3) is 0.481. The molecule has 1 aliphatic carbocycles. The number of carbonyl (C=O) groups is 2. The standard InChI is InChI=1S/C27H34N6O4/c1-15(2)37-24-10-21-20(9-22(24)26(28)35)23(12-29-27(21)36-14-17-5-6-25(34)31-17)16-11-30-33(13-16)19-7-18(8-19)32(3)4/h9-13,15,17-19H,5-8,14H2,1-4H3,(H2,28,35)(H,31,34)/t17-,18?,19?/m0/s1. The van der Waals surface area contributed by atoms with E-state index in [0.717, 1.165) is 35.8 Å². The van der Waals surface area contributed by atoms with Gasteiger partial charge in [0.25, 0.3) is 5.91 Å². The van der Waals surface area contributed by atoms with Gasteiger partial charge in [0.05, 0.1) is 29.9 Å². The first-order valence-corrected chi connectivity index (χ1v) is 12.8. The van der Waals surface area contributed by atoms with Crippen LogP contribution in [-0.2, 0) is 4.79 Å². The Morgan fingerprint density at radius 3 is 2.68 bits per heavy atom. The summed E-state index contributed by atoms with van der Waals surface area (Å²) >= 11 is 0. The third-order valence-corrected chi connectivity index (χ3v) is 7.19. The average molecular weight is 507 g/mol. The van der Waals surface area contributed by atoms with Crippen LogP contribution < -0.4 is 20.5 Å². The van der Waals surface area contributed by atoms with Gasteiger partial charge in [-0.1, -0.05) is 0 Å². The molecule has 2 aliphatic rings. The molecule has 10 nitrogen and oxygen atoms in total. The minimum Gasteiger partial charge on any atom is -0.490 e. The van der Waals surface area contributed by atoms with E-state index in [-0.39, 0.29) is 18.1 Å². The molecular weight excluding hydrogens is 472 g/mol. The van der Waals surface area contributed by atoms with Gasteiger partial charge in [-0.25, -0.2) is 4.98 Å². The summed E-state index contributed by atoms with van der Waals surface area (Å²) in [6.45, 7) is 4.08. The predicted octanol–water partition coefficient (Wildman–Crippen LogP) is 2.91. The lowest BCUT2D eigenvalue weighted by Gasteiger charge is -2.39. The number of nitrogens with zero attached hydrogens (tertiary/aromatic N) is 4. The Labute approximate surface area is 216 Å². The number of pyridine rings is 1. The number of hydrogen-bond acceptors (Lipinski definition) is 7. The van der Waals surface area contributed by atoms with Crippen LogP contribution in [0.1, 0.15) is 55.9 Å². The van der Waals surface area contributed by atoms with E-state index in [1.807, 2.05) is 30.9 Å². The number of fused-ring (bicyclic) bond motifs is 1. The minimum atomic E-state index is -0.573. The zero-order chi connectivity index (χ0) is 26.3. The lowest BCUT2D eigenvalue weighted by Crippen LogP contribution is -2.41. The van der Waals surface area contributed by atoms with Crippen molar-refractivity contribution >= 4 is 22.6 Å². The molecule has 10 heteroatoms. The van der Waals surface area contributed by atoms with Crippen molar-refractivity contribution in [2.75, 3.05) is 20.7 Å². The summed E-state index contributed by atoms with van der Waals surface area (Å²) in [6, 6.07) is 4.38. The Bertz CT molecular complexity index is 1330. The Morgan fingerprint density at radius 2 is 2.03 bits per heavy atom. The van der Waals surface area contributed by atoms with Crippen LogP contribution in [0.15, 0.2) is 30.7 Å². The maximum Gasteiger partial charge on any atom is 0.252 e. The number of nitrogens with two attached hydrogens (primary N) is 1. The van der Waals surface area contributed by atoms with Gasteiger partial charge in [-0.05, 0) is 64.7 Å². The number of carbonyl (C=O) groups excluding carboxylic acids is 2. The molecule has 0 spiro atoms. The van der Waals surface area contributed by atoms with Gasteiger partial charge in [-0.2, -0.15) is 5.10 Å². The fourth-order valence-corrected chi connectivity index (χ4v) is 4.99. The van der Waals surface area contributed by atoms with Gasteiger partial charge in [0.1, 0.15) is 12.4 Å². The van der Waals surface area contributed by atoms with Crippen LogP contribution in [0.3, 0.4) is 0 Å². The van der Waals surface area contributed by atoms with Gasteiger partial charge >= 0.3 is 0 Å². The molecular formula is C27H34N6O4. The monoisotopic (exact) mass is 506 g/mol. The second-order valence-corrected chi connectivity index (χ2v) is 10.5. The lowest BCUT2D eigenvalue weighted by molar-refractivity contribution is -0.119. The summed E-state index contributed by atoms with van der Waals surface area (Å²) in [6.07, 6.45) is 8.77. The maximum absolute atomic E-state index is 12.4. The van der Waals surface area contributed by atoms with Crippen LogP contribution in [-0.4, -0.2) is 70.4 Å². The van der Waals surface area contributed by atoms with E-state index in [1.165, 1.54) is 0 Å². The number of ether oxygens (including phenoxy) is 2. The molecule has 196 valence electrons. The molecule has 2 aromatic heterocycles. The number of nitrogens with one attached hydrogen (secondary N) is 1. The minimum absolute atomic E-state index is 0.0286. The van der Waals surface area contributed by atoms with Gasteiger partial charge in [-0.3, -0.25) is 14.3 Å². The first-order chi connectivity index (χ1) is 17.7. The highest BCUT2D eigenvalue weighted by Gasteiger charge is 2.32. The molecule has 1 atom stereocenters. The summed E-state index contributed by atoms with van der Waals surface area (Å²) < 4.78 is 14.0. The van der Waals surface area contributed by atoms with Crippen LogP contribution in [0.25, 0.3) is 21.9 Å². The van der Waals surface area contributed by atoms with Crippen molar-refractivity contribution in [1.82, 2.24) is 25.0 Å². The second-order valence-electron chi connectivity index (χ2n) is 10.5. The zero-order valence-electron chi connectivity index (χ0n) is 21.7. The van der Waals surface area contributed by atoms with Gasteiger partial charge in [0.15, 0.2) is 0 Å². The Balaban J connectivity index is 1.53. The quantitative estimate of drug-likeness (QED) is 0.457. The van der Waals surface area contributed by atoms with E-state index in [9.17, 15) is 9.59 Å². The first-order valence-electron chi connectivity index (χ1n) is 12.8. The predicted molar refractivity (Wildman–Crippen MR) is 140 cm³/mol. The van der Waals surface area contributed by atoms with Gasteiger partial charge in [0.2, 0.25) is 11.8 Å². The highest BCUT2D eigenvalue weighted by molar-refractivity contribution is 6.06. The molecule has 3 N–H and O–H groups in total. The fourth-order valence-electron chi connectivity index (χ4n) is 4.99. The van der Waals surface area contributed by atoms with Crippen molar-refractivity contribution < 1.29 is 19.1 Å². The molecule has 2 amide bonds. The molecule has 5 rings (SSSR count). The van der Waals surface area contributed by atoms with Gasteiger partial charge < -0.3 is 25.4 Å². The summed E-state index contributed by atoms with van der Waals surface area (Å²) in [4.78, 5) is 30.8. The van der Waals surface area contributed by atoms with Crippen molar-refractivity contribution in [1.29, 1.82) is 0 Å². The van der Waals surface area contributed by atoms with E-state index in [2.05, 4.69) is 34.4 Å². The maximum atomic E-state index is 12.4. The third kappa shape index (κ3) is 5.11. The number of aromatic nitrogens is 3. The van der Waals surface area contributed by atoms with Gasteiger partial charge in [0, 0.05) is 41.4 Å². The topological polar surface area (TPSA) is 125 Å². The summed E-state index contributed by atoms with van der Waals surface area (Å²) in [5.41, 5.74) is 7.76. The van der Waals surface area contributed by atoms with Crippen LogP contribution >= 0.6 is 0 Å². The van der Waals surface area contributed by atoms with E-state index in [1.54, 1.807) is 18.3 Å². The van der Waals surface area contributed by atoms with E-state index in [4.69, 9.17) is 15.2 Å². The molecule has 1 saturated carbocycles. The van der Waals surface area contributed by atoms with Gasteiger partial charge in [-0.15, -0.1) is 0 Å². The van der Waals surface area contributed by atoms with Crippen LogP contribution in [0.5, 0.6) is 11.6 Å². The molecule has 1 saturated heterocycles. The van der Waals surface area contributed by atoms with Crippen molar-refractivity contribution in [3.05, 3.63) is 36.3 Å². The molecule has 3 aromatic rings. The van der Waals surface area contributed by atoms with Crippen LogP contribution in [0.4, 0.5) is 0 Å². The summed E-state index contributed by atoms with van der Waals surface area (Å²) in [5, 5.41) is 9.01. The third-order valence-electron chi connectivity index (χ3n) is 7.19. The number of hydrogen-bond donors (Lipinski definition) is 2. The van der Waals surface area contributed by atoms with Crippen molar-refractivity contribution in [3.8, 4) is 22.8 Å². The highest BCUT2D eigenvalue weighted by atomic mass is 16.5. The van der Waals surface area contributed by atoms with E-state index >= 15 is 0 Å². The normalized spacial score (nSPS) is 21.4. The number of primary amides is 1. The molecule has 1 aromatic carbocycles. The highest BCUT2D eigenvalue weighted by Crippen LogP contribution is 2.39. The number of rotatable bonds is 9. The number of benzene rings is 1. The van der Waals surface area contributed by atoms with E-state index in [0.29, 0.717) is 47.7 Å². The Hall–Kier alpha value is -3.66.